The SMILES string of the molecule is O=S(=O)(Nc1cccc(Cl)c1O)c1ccc(F)cc1F. The number of para-hydroxylation sites is 1. The molecule has 0 saturated carbocycles. The Morgan fingerprint density at radius 2 is 1.85 bits per heavy atom. The van der Waals surface area contributed by atoms with Gasteiger partial charge in [-0.05, 0) is 24.3 Å². The molecule has 8 heteroatoms. The number of sulfonamides is 1. The van der Waals surface area contributed by atoms with Crippen LogP contribution in [-0.2, 0) is 10.0 Å². The molecule has 106 valence electrons. The summed E-state index contributed by atoms with van der Waals surface area (Å²) in [7, 11) is -4.31. The van der Waals surface area contributed by atoms with Crippen molar-refractivity contribution in [1.82, 2.24) is 0 Å². The van der Waals surface area contributed by atoms with Crippen LogP contribution >= 0.6 is 11.6 Å². The highest BCUT2D eigenvalue weighted by molar-refractivity contribution is 7.92. The van der Waals surface area contributed by atoms with Crippen LogP contribution in [0.3, 0.4) is 0 Å². The van der Waals surface area contributed by atoms with Gasteiger partial charge in [0.25, 0.3) is 10.0 Å². The first-order valence-electron chi connectivity index (χ1n) is 5.26. The van der Waals surface area contributed by atoms with Gasteiger partial charge in [0, 0.05) is 6.07 Å². The maximum atomic E-state index is 13.5. The standard InChI is InChI=1S/C12H8ClF2NO3S/c13-8-2-1-3-10(12(8)17)16-20(18,19)11-5-4-7(14)6-9(11)15/h1-6,16-17H. The highest BCUT2D eigenvalue weighted by Crippen LogP contribution is 2.32. The smallest absolute Gasteiger partial charge is 0.264 e. The quantitative estimate of drug-likeness (QED) is 0.854. The van der Waals surface area contributed by atoms with Crippen molar-refractivity contribution in [2.24, 2.45) is 0 Å². The lowest BCUT2D eigenvalue weighted by Gasteiger charge is -2.10. The van der Waals surface area contributed by atoms with Gasteiger partial charge in [0.2, 0.25) is 0 Å². The number of aromatic hydroxyl groups is 1. The van der Waals surface area contributed by atoms with E-state index in [1.165, 1.54) is 18.2 Å². The monoisotopic (exact) mass is 319 g/mol. The Bertz CT molecular complexity index is 765. The second-order valence-corrected chi connectivity index (χ2v) is 5.87. The lowest BCUT2D eigenvalue weighted by molar-refractivity contribution is 0.478. The Morgan fingerprint density at radius 3 is 2.50 bits per heavy atom. The van der Waals surface area contributed by atoms with Crippen molar-refractivity contribution in [2.45, 2.75) is 4.90 Å². The fraction of sp³-hybridized carbons (Fsp3) is 0. The number of nitrogens with one attached hydrogen (secondary N) is 1. The molecular formula is C12H8ClF2NO3S. The zero-order valence-electron chi connectivity index (χ0n) is 9.77. The Balaban J connectivity index is 2.44. The molecule has 0 atom stereocenters. The van der Waals surface area contributed by atoms with Crippen LogP contribution in [0, 0.1) is 11.6 Å². The van der Waals surface area contributed by atoms with Gasteiger partial charge in [-0.25, -0.2) is 17.2 Å². The molecule has 4 nitrogen and oxygen atoms in total. The summed E-state index contributed by atoms with van der Waals surface area (Å²) < 4.78 is 52.2. The van der Waals surface area contributed by atoms with Crippen LogP contribution in [0.5, 0.6) is 5.75 Å². The first-order valence-corrected chi connectivity index (χ1v) is 7.13. The van der Waals surface area contributed by atoms with Crippen molar-refractivity contribution in [1.29, 1.82) is 0 Å². The topological polar surface area (TPSA) is 66.4 Å². The van der Waals surface area contributed by atoms with E-state index in [1.807, 2.05) is 4.72 Å². The molecule has 0 saturated heterocycles. The van der Waals surface area contributed by atoms with Gasteiger partial charge in [-0.1, -0.05) is 17.7 Å². The van der Waals surface area contributed by atoms with E-state index in [0.717, 1.165) is 12.1 Å². The number of hydrogen-bond acceptors (Lipinski definition) is 3. The highest BCUT2D eigenvalue weighted by atomic mass is 35.5. The van der Waals surface area contributed by atoms with Crippen molar-refractivity contribution in [3.05, 3.63) is 53.1 Å². The van der Waals surface area contributed by atoms with E-state index in [2.05, 4.69) is 0 Å². The summed E-state index contributed by atoms with van der Waals surface area (Å²) in [5.41, 5.74) is -0.207. The second kappa shape index (κ2) is 5.26. The molecule has 0 amide bonds. The predicted molar refractivity (Wildman–Crippen MR) is 70.3 cm³/mol. The van der Waals surface area contributed by atoms with Crippen molar-refractivity contribution in [3.63, 3.8) is 0 Å². The lowest BCUT2D eigenvalue weighted by atomic mass is 10.3. The summed E-state index contributed by atoms with van der Waals surface area (Å²) in [5, 5.41) is 9.54. The molecule has 2 rings (SSSR count). The number of halogens is 3. The summed E-state index contributed by atoms with van der Waals surface area (Å²) in [6.07, 6.45) is 0. The number of anilines is 1. The van der Waals surface area contributed by atoms with E-state index in [9.17, 15) is 22.3 Å². The van der Waals surface area contributed by atoms with Crippen LogP contribution < -0.4 is 4.72 Å². The fourth-order valence-corrected chi connectivity index (χ4v) is 2.79. The van der Waals surface area contributed by atoms with Crippen molar-refractivity contribution >= 4 is 27.3 Å². The molecule has 0 aliphatic heterocycles. The van der Waals surface area contributed by atoms with E-state index in [4.69, 9.17) is 11.6 Å². The third kappa shape index (κ3) is 2.83. The first-order chi connectivity index (χ1) is 9.31. The minimum Gasteiger partial charge on any atom is -0.504 e. The molecule has 0 heterocycles. The summed E-state index contributed by atoms with van der Waals surface area (Å²) in [6.45, 7) is 0. The van der Waals surface area contributed by atoms with Gasteiger partial charge < -0.3 is 5.11 Å². The van der Waals surface area contributed by atoms with Crippen LogP contribution in [0.2, 0.25) is 5.02 Å². The van der Waals surface area contributed by atoms with Gasteiger partial charge in [-0.2, -0.15) is 0 Å². The molecule has 0 aliphatic carbocycles. The number of phenolic OH excluding ortho intramolecular Hbond substituents is 1. The Kier molecular flexibility index (Phi) is 3.82. The van der Waals surface area contributed by atoms with Crippen LogP contribution in [0.25, 0.3) is 0 Å². The van der Waals surface area contributed by atoms with Crippen molar-refractivity contribution in [3.8, 4) is 5.75 Å². The normalized spacial score (nSPS) is 11.3. The first kappa shape index (κ1) is 14.5. The van der Waals surface area contributed by atoms with Gasteiger partial charge in [0.15, 0.2) is 5.75 Å². The predicted octanol–water partition coefficient (Wildman–Crippen LogP) is 3.12. The molecule has 2 aromatic carbocycles. The van der Waals surface area contributed by atoms with Crippen molar-refractivity contribution in [2.75, 3.05) is 4.72 Å². The minimum absolute atomic E-state index is 0.0650. The average Bonchev–Trinajstić information content (AvgIpc) is 2.34. The summed E-state index contributed by atoms with van der Waals surface area (Å²) in [4.78, 5) is -0.738. The maximum Gasteiger partial charge on any atom is 0.264 e. The van der Waals surface area contributed by atoms with E-state index < -0.39 is 32.3 Å². The highest BCUT2D eigenvalue weighted by Gasteiger charge is 2.21. The van der Waals surface area contributed by atoms with Gasteiger partial charge in [0.05, 0.1) is 10.7 Å². The molecule has 2 N–H and O–H groups in total. The molecule has 0 aliphatic rings. The van der Waals surface area contributed by atoms with Crippen LogP contribution in [0.15, 0.2) is 41.3 Å². The zero-order valence-corrected chi connectivity index (χ0v) is 11.3. The summed E-state index contributed by atoms with van der Waals surface area (Å²) in [5.74, 6) is -2.62. The molecule has 20 heavy (non-hydrogen) atoms. The summed E-state index contributed by atoms with van der Waals surface area (Å²) >= 11 is 5.63. The molecule has 0 bridgehead atoms. The van der Waals surface area contributed by atoms with E-state index in [0.29, 0.717) is 6.07 Å². The van der Waals surface area contributed by atoms with Crippen LogP contribution in [0.4, 0.5) is 14.5 Å². The van der Waals surface area contributed by atoms with Crippen LogP contribution in [-0.4, -0.2) is 13.5 Å². The molecule has 0 unspecified atom stereocenters. The molecule has 2 aromatic rings. The Hall–Kier alpha value is -1.86. The van der Waals surface area contributed by atoms with Gasteiger partial charge in [-0.15, -0.1) is 0 Å². The Labute approximate surface area is 118 Å². The lowest BCUT2D eigenvalue weighted by Crippen LogP contribution is -2.14. The van der Waals surface area contributed by atoms with Crippen molar-refractivity contribution < 1.29 is 22.3 Å². The maximum absolute atomic E-state index is 13.5. The fourth-order valence-electron chi connectivity index (χ4n) is 1.49. The minimum atomic E-state index is -4.31. The number of benzene rings is 2. The largest absolute Gasteiger partial charge is 0.504 e. The van der Waals surface area contributed by atoms with E-state index in [-0.39, 0.29) is 10.7 Å². The van der Waals surface area contributed by atoms with Gasteiger partial charge in [0.1, 0.15) is 16.5 Å². The number of hydrogen-bond donors (Lipinski definition) is 2. The molecular weight excluding hydrogens is 312 g/mol. The number of rotatable bonds is 3. The van der Waals surface area contributed by atoms with Crippen LogP contribution in [0.1, 0.15) is 0 Å². The van der Waals surface area contributed by atoms with Gasteiger partial charge in [-0.3, -0.25) is 4.72 Å². The van der Waals surface area contributed by atoms with E-state index in [1.54, 1.807) is 0 Å². The molecule has 0 radical (unpaired) electrons. The van der Waals surface area contributed by atoms with E-state index >= 15 is 0 Å². The molecule has 0 spiro atoms. The van der Waals surface area contributed by atoms with Gasteiger partial charge >= 0.3 is 0 Å². The second-order valence-electron chi connectivity index (χ2n) is 3.82. The molecule has 0 aromatic heterocycles. The third-order valence-electron chi connectivity index (χ3n) is 2.41. The third-order valence-corrected chi connectivity index (χ3v) is 4.12. The average molecular weight is 320 g/mol. The zero-order chi connectivity index (χ0) is 14.9. The Morgan fingerprint density at radius 1 is 1.15 bits per heavy atom. The molecule has 0 fully saturated rings. The number of phenols is 1. The summed E-state index contributed by atoms with van der Waals surface area (Å²) in [6, 6.07) is 6.06.